The topological polar surface area (TPSA) is 76.3 Å². The fourth-order valence-electron chi connectivity index (χ4n) is 5.78. The maximum Gasteiger partial charge on any atom is 0.248 e. The van der Waals surface area contributed by atoms with Crippen LogP contribution in [0.4, 0.5) is 5.69 Å². The summed E-state index contributed by atoms with van der Waals surface area (Å²) in [5.41, 5.74) is 10.1. The van der Waals surface area contributed by atoms with E-state index in [1.54, 1.807) is 0 Å². The third-order valence-corrected chi connectivity index (χ3v) is 8.69. The lowest BCUT2D eigenvalue weighted by Gasteiger charge is -2.32. The van der Waals surface area contributed by atoms with E-state index < -0.39 is 0 Å². The number of aliphatic hydroxyl groups is 1. The van der Waals surface area contributed by atoms with Gasteiger partial charge < -0.3 is 20.6 Å². The molecule has 0 saturated carbocycles. The van der Waals surface area contributed by atoms with Crippen LogP contribution in [0, 0.1) is 18.8 Å². The summed E-state index contributed by atoms with van der Waals surface area (Å²) in [4.78, 5) is 21.9. The highest BCUT2D eigenvalue weighted by atomic mass is 16.3. The molecule has 3 N–H and O–H groups in total. The van der Waals surface area contributed by atoms with Gasteiger partial charge in [-0.15, -0.1) is 19.4 Å². The van der Waals surface area contributed by atoms with Gasteiger partial charge in [-0.05, 0) is 70.2 Å². The first-order valence-corrected chi connectivity index (χ1v) is 18.8. The van der Waals surface area contributed by atoms with Crippen LogP contribution in [0.15, 0.2) is 42.5 Å². The molecule has 1 fully saturated rings. The number of terminal acetylenes is 1. The Morgan fingerprint density at radius 2 is 1.73 bits per heavy atom. The second kappa shape index (κ2) is 30.4. The molecular weight excluding hydrogens is 594 g/mol. The number of hydrogen-bond acceptors (Lipinski definition) is 6. The zero-order chi connectivity index (χ0) is 36.9. The van der Waals surface area contributed by atoms with E-state index in [9.17, 15) is 9.90 Å². The van der Waals surface area contributed by atoms with E-state index in [0.717, 1.165) is 96.8 Å². The van der Waals surface area contributed by atoms with Gasteiger partial charge in [0, 0.05) is 70.2 Å². The number of carbonyl (C=O) groups is 1. The number of carbonyl (C=O) groups excluding carboxylic acids is 1. The van der Waals surface area contributed by atoms with E-state index in [-0.39, 0.29) is 12.1 Å². The minimum atomic E-state index is -0.377. The van der Waals surface area contributed by atoms with E-state index in [1.807, 2.05) is 52.8 Å². The molecule has 48 heavy (non-hydrogen) atoms. The molecule has 2 unspecified atom stereocenters. The third kappa shape index (κ3) is 20.0. The van der Waals surface area contributed by atoms with Crippen LogP contribution in [0.3, 0.4) is 0 Å². The summed E-state index contributed by atoms with van der Waals surface area (Å²) in [6.45, 7) is 32.3. The molecule has 2 rings (SSSR count). The van der Waals surface area contributed by atoms with Gasteiger partial charge >= 0.3 is 0 Å². The third-order valence-electron chi connectivity index (χ3n) is 8.69. The summed E-state index contributed by atoms with van der Waals surface area (Å²) in [6.07, 6.45) is 19.8. The number of rotatable bonds is 20. The molecule has 0 aliphatic carbocycles. The number of allylic oxidation sites excluding steroid dienone is 1. The normalized spacial score (nSPS) is 14.4. The predicted molar refractivity (Wildman–Crippen MR) is 212 cm³/mol. The average molecular weight is 670 g/mol. The monoisotopic (exact) mass is 670 g/mol. The Morgan fingerprint density at radius 3 is 2.29 bits per heavy atom. The minimum absolute atomic E-state index is 0.374. The summed E-state index contributed by atoms with van der Waals surface area (Å²) in [7, 11) is 0. The Morgan fingerprint density at radius 1 is 1.04 bits per heavy atom. The van der Waals surface area contributed by atoms with Crippen LogP contribution in [0.1, 0.15) is 117 Å². The van der Waals surface area contributed by atoms with E-state index in [2.05, 4.69) is 78.9 Å². The molecule has 0 radical (unpaired) electrons. The predicted octanol–water partition coefficient (Wildman–Crippen LogP) is 7.84. The number of amides is 1. The lowest BCUT2D eigenvalue weighted by Crippen LogP contribution is -2.42. The highest BCUT2D eigenvalue weighted by Crippen LogP contribution is 2.28. The molecule has 0 aromatic heterocycles. The van der Waals surface area contributed by atoms with Crippen molar-refractivity contribution in [2.24, 2.45) is 11.7 Å². The molecule has 1 aliphatic heterocycles. The molecule has 0 spiro atoms. The van der Waals surface area contributed by atoms with Gasteiger partial charge in [0.1, 0.15) is 6.23 Å². The fraction of sp³-hybridized carbons (Fsp3) is 0.683. The Kier molecular flexibility index (Phi) is 30.1. The zero-order valence-electron chi connectivity index (χ0n) is 32.6. The number of primary amides is 1. The van der Waals surface area contributed by atoms with Crippen molar-refractivity contribution in [3.63, 3.8) is 0 Å². The number of unbranched alkanes of at least 4 members (excludes halogenated alkanes) is 1. The fourth-order valence-corrected chi connectivity index (χ4v) is 5.78. The van der Waals surface area contributed by atoms with E-state index in [4.69, 9.17) is 5.73 Å². The summed E-state index contributed by atoms with van der Waals surface area (Å²) in [5, 5.41) is 10.0. The van der Waals surface area contributed by atoms with Crippen molar-refractivity contribution in [2.75, 3.05) is 70.3 Å². The largest absolute Gasteiger partial charge is 0.379 e. The molecule has 1 saturated heterocycles. The molecule has 7 heteroatoms. The summed E-state index contributed by atoms with van der Waals surface area (Å²) in [6, 6.07) is 6.07. The van der Waals surface area contributed by atoms with Crippen LogP contribution < -0.4 is 10.6 Å². The Bertz CT molecular complexity index is 1000. The van der Waals surface area contributed by atoms with Crippen molar-refractivity contribution in [2.45, 2.75) is 113 Å². The molecule has 7 nitrogen and oxygen atoms in total. The number of nitrogens with zero attached hydrogens (tertiary/aromatic N) is 4. The summed E-state index contributed by atoms with van der Waals surface area (Å²) >= 11 is 0. The Hall–Kier alpha value is -2.63. The number of nitrogens with two attached hydrogens (primary N) is 1. The quantitative estimate of drug-likeness (QED) is 0.109. The van der Waals surface area contributed by atoms with Crippen molar-refractivity contribution in [3.05, 3.63) is 53.6 Å². The Labute approximate surface area is 297 Å². The van der Waals surface area contributed by atoms with Crippen molar-refractivity contribution in [1.29, 1.82) is 0 Å². The first-order valence-electron chi connectivity index (χ1n) is 18.8. The molecule has 276 valence electrons. The van der Waals surface area contributed by atoms with Crippen LogP contribution in [-0.2, 0) is 6.42 Å². The van der Waals surface area contributed by atoms with Gasteiger partial charge in [-0.3, -0.25) is 14.6 Å². The smallest absolute Gasteiger partial charge is 0.248 e. The van der Waals surface area contributed by atoms with Crippen molar-refractivity contribution < 1.29 is 9.90 Å². The lowest BCUT2D eigenvalue weighted by molar-refractivity contribution is 0.0216. The summed E-state index contributed by atoms with van der Waals surface area (Å²) < 4.78 is 0. The number of benzene rings is 1. The van der Waals surface area contributed by atoms with Crippen molar-refractivity contribution in [1.82, 2.24) is 14.7 Å². The zero-order valence-corrected chi connectivity index (χ0v) is 32.6. The maximum atomic E-state index is 12.2. The first kappa shape index (κ1) is 47.5. The van der Waals surface area contributed by atoms with Crippen LogP contribution in [0.2, 0.25) is 0 Å². The van der Waals surface area contributed by atoms with Crippen LogP contribution in [0.5, 0.6) is 0 Å². The highest BCUT2D eigenvalue weighted by Gasteiger charge is 2.20. The summed E-state index contributed by atoms with van der Waals surface area (Å²) in [5.74, 6) is 0.262. The second-order valence-corrected chi connectivity index (χ2v) is 12.3. The van der Waals surface area contributed by atoms with E-state index >= 15 is 0 Å². The molecule has 0 bridgehead atoms. The van der Waals surface area contributed by atoms with Gasteiger partial charge in [0.25, 0.3) is 0 Å². The van der Waals surface area contributed by atoms with E-state index in [0.29, 0.717) is 11.5 Å². The molecule has 1 amide bonds. The van der Waals surface area contributed by atoms with Gasteiger partial charge in [-0.2, -0.15) is 0 Å². The standard InChI is InChI=1S/C35H61N5O2.2C2H6.C2H2/c1-7-10-13-31(9-3)27-32-14-15-33(35(36)42)28-34(32)40(18-11-8-2)26-24-38(20-16-29(4)5)22-21-37-17-12-19-39(25-23-37)30(6)41;3*1-2/h8,14-16,28,30-31,41H,2,7,9-13,17-27H2,1,3-6H3,(H2,36,42);2*1-2H3;1-2H. The van der Waals surface area contributed by atoms with Gasteiger partial charge in [-0.1, -0.05) is 91.0 Å². The molecule has 1 heterocycles. The first-order chi connectivity index (χ1) is 23.2. The lowest BCUT2D eigenvalue weighted by atomic mass is 9.90. The van der Waals surface area contributed by atoms with Crippen molar-refractivity contribution in [3.8, 4) is 12.8 Å². The number of hydrogen-bond donors (Lipinski definition) is 2. The second-order valence-electron chi connectivity index (χ2n) is 12.3. The SMILES string of the molecule is C#C.C=CCCN(CCN(CC=C(C)C)CCN1CCCN(C(C)O)CC1)c1cc(C(N)=O)ccc1CC(CC)CCCC.CC.CC. The van der Waals surface area contributed by atoms with Gasteiger partial charge in [-0.25, -0.2) is 0 Å². The van der Waals surface area contributed by atoms with Crippen LogP contribution >= 0.6 is 0 Å². The molecule has 1 aliphatic rings. The molecule has 2 atom stereocenters. The van der Waals surface area contributed by atoms with E-state index in [1.165, 1.54) is 30.4 Å². The van der Waals surface area contributed by atoms with Gasteiger partial charge in [0.15, 0.2) is 0 Å². The van der Waals surface area contributed by atoms with Crippen LogP contribution in [-0.4, -0.2) is 97.4 Å². The highest BCUT2D eigenvalue weighted by molar-refractivity contribution is 5.94. The average Bonchev–Trinajstić information content (AvgIpc) is 3.36. The number of anilines is 1. The Balaban J connectivity index is 0. The molecule has 1 aromatic carbocycles. The van der Waals surface area contributed by atoms with Crippen LogP contribution in [0.25, 0.3) is 0 Å². The number of aliphatic hydroxyl groups excluding tert-OH is 1. The van der Waals surface area contributed by atoms with Gasteiger partial charge in [0.2, 0.25) is 5.91 Å². The molecule has 1 aromatic rings. The van der Waals surface area contributed by atoms with Crippen molar-refractivity contribution >= 4 is 11.6 Å². The minimum Gasteiger partial charge on any atom is -0.379 e. The van der Waals surface area contributed by atoms with Gasteiger partial charge in [0.05, 0.1) is 0 Å². The molecular formula is C41H75N5O2. The maximum absolute atomic E-state index is 12.2.